The van der Waals surface area contributed by atoms with Crippen molar-refractivity contribution in [1.82, 2.24) is 15.1 Å². The van der Waals surface area contributed by atoms with Crippen molar-refractivity contribution in [1.29, 1.82) is 0 Å². The molecule has 1 aliphatic carbocycles. The average Bonchev–Trinajstić information content (AvgIpc) is 3.52. The van der Waals surface area contributed by atoms with Crippen LogP contribution in [0.25, 0.3) is 0 Å². The molecule has 0 saturated heterocycles. The Morgan fingerprint density at radius 3 is 2.32 bits per heavy atom. The van der Waals surface area contributed by atoms with Gasteiger partial charge in [0.1, 0.15) is 17.5 Å². The number of carbonyl (C=O) groups excluding carboxylic acids is 1. The first-order chi connectivity index (χ1) is 14.9. The number of benzene rings is 2. The summed E-state index contributed by atoms with van der Waals surface area (Å²) in [4.78, 5) is 23.8. The van der Waals surface area contributed by atoms with Gasteiger partial charge in [0, 0.05) is 13.2 Å². The van der Waals surface area contributed by atoms with Gasteiger partial charge in [-0.3, -0.25) is 9.48 Å². The first-order valence-electron chi connectivity index (χ1n) is 10.3. The van der Waals surface area contributed by atoms with E-state index < -0.39 is 12.1 Å². The highest BCUT2D eigenvalue weighted by molar-refractivity contribution is 5.92. The number of carbonyl (C=O) groups is 2. The van der Waals surface area contributed by atoms with Gasteiger partial charge in [-0.25, -0.2) is 4.79 Å². The lowest BCUT2D eigenvalue weighted by molar-refractivity contribution is 0.0696. The van der Waals surface area contributed by atoms with Crippen molar-refractivity contribution >= 4 is 11.9 Å². The van der Waals surface area contributed by atoms with Crippen LogP contribution in [0.5, 0.6) is 5.75 Å². The van der Waals surface area contributed by atoms with E-state index in [-0.39, 0.29) is 17.5 Å². The van der Waals surface area contributed by atoms with Gasteiger partial charge >= 0.3 is 5.97 Å². The van der Waals surface area contributed by atoms with E-state index in [4.69, 9.17) is 9.84 Å². The molecule has 0 radical (unpaired) electrons. The number of carboxylic acids is 1. The van der Waals surface area contributed by atoms with E-state index in [0.717, 1.165) is 5.56 Å². The van der Waals surface area contributed by atoms with Crippen molar-refractivity contribution in [3.63, 3.8) is 0 Å². The number of nitrogens with zero attached hydrogens (tertiary/aromatic N) is 2. The summed E-state index contributed by atoms with van der Waals surface area (Å²) >= 11 is 0. The standard InChI is InChI=1S/C24H25N3O4/c1-15(26-23(28)21-13-14-25-27(21)2)22(18-7-5-17(6-8-18)16-3-4-16)31-20-11-9-19(10-12-20)24(29)30/h5-16,22H,3-4H2,1-2H3,(H,26,28)(H,29,30)/t15-,22-/m0/s1. The molecule has 0 unspecified atom stereocenters. The normalized spacial score (nSPS) is 15.2. The fourth-order valence-electron chi connectivity index (χ4n) is 3.61. The summed E-state index contributed by atoms with van der Waals surface area (Å²) in [7, 11) is 1.72. The van der Waals surface area contributed by atoms with E-state index in [9.17, 15) is 9.59 Å². The summed E-state index contributed by atoms with van der Waals surface area (Å²) in [6.07, 6.45) is 3.58. The molecule has 160 valence electrons. The summed E-state index contributed by atoms with van der Waals surface area (Å²) in [5, 5.41) is 16.2. The molecule has 1 amide bonds. The van der Waals surface area contributed by atoms with Crippen molar-refractivity contribution in [2.45, 2.75) is 37.8 Å². The second-order valence-electron chi connectivity index (χ2n) is 7.91. The van der Waals surface area contributed by atoms with Crippen LogP contribution in [0.3, 0.4) is 0 Å². The quantitative estimate of drug-likeness (QED) is 0.577. The topological polar surface area (TPSA) is 93.5 Å². The highest BCUT2D eigenvalue weighted by atomic mass is 16.5. The lowest BCUT2D eigenvalue weighted by atomic mass is 10.00. The number of hydrogen-bond donors (Lipinski definition) is 2. The van der Waals surface area contributed by atoms with Crippen molar-refractivity contribution in [3.8, 4) is 5.75 Å². The van der Waals surface area contributed by atoms with Crippen LogP contribution in [-0.2, 0) is 7.05 Å². The summed E-state index contributed by atoms with van der Waals surface area (Å²) in [5.74, 6) is -0.0469. The minimum atomic E-state index is -0.990. The van der Waals surface area contributed by atoms with Crippen LogP contribution in [0.15, 0.2) is 60.8 Å². The van der Waals surface area contributed by atoms with Gasteiger partial charge in [-0.2, -0.15) is 5.10 Å². The number of ether oxygens (including phenoxy) is 1. The molecule has 0 bridgehead atoms. The average molecular weight is 419 g/mol. The van der Waals surface area contributed by atoms with E-state index in [1.165, 1.54) is 35.2 Å². The number of rotatable bonds is 8. The summed E-state index contributed by atoms with van der Waals surface area (Å²) < 4.78 is 7.75. The fourth-order valence-corrected chi connectivity index (χ4v) is 3.61. The Balaban J connectivity index is 1.57. The molecule has 2 atom stereocenters. The predicted molar refractivity (Wildman–Crippen MR) is 115 cm³/mol. The monoisotopic (exact) mass is 419 g/mol. The van der Waals surface area contributed by atoms with Crippen LogP contribution in [0, 0.1) is 0 Å². The Morgan fingerprint density at radius 2 is 1.77 bits per heavy atom. The molecule has 3 aromatic rings. The first kappa shape index (κ1) is 20.7. The van der Waals surface area contributed by atoms with Gasteiger partial charge in [-0.15, -0.1) is 0 Å². The van der Waals surface area contributed by atoms with E-state index in [1.54, 1.807) is 31.4 Å². The Morgan fingerprint density at radius 1 is 1.10 bits per heavy atom. The van der Waals surface area contributed by atoms with Crippen molar-refractivity contribution in [2.24, 2.45) is 7.05 Å². The van der Waals surface area contributed by atoms with E-state index in [0.29, 0.717) is 17.4 Å². The molecule has 4 rings (SSSR count). The zero-order chi connectivity index (χ0) is 22.0. The van der Waals surface area contributed by atoms with Gasteiger partial charge in [0.15, 0.2) is 0 Å². The molecular formula is C24H25N3O4. The molecule has 1 heterocycles. The molecule has 2 N–H and O–H groups in total. The van der Waals surface area contributed by atoms with Crippen molar-refractivity contribution in [3.05, 3.63) is 83.2 Å². The Hall–Kier alpha value is -3.61. The fraction of sp³-hybridized carbons (Fsp3) is 0.292. The highest BCUT2D eigenvalue weighted by Crippen LogP contribution is 2.40. The zero-order valence-electron chi connectivity index (χ0n) is 17.5. The second-order valence-corrected chi connectivity index (χ2v) is 7.91. The van der Waals surface area contributed by atoms with E-state index >= 15 is 0 Å². The summed E-state index contributed by atoms with van der Waals surface area (Å²) in [5.41, 5.74) is 2.90. The molecule has 0 spiro atoms. The number of aromatic carboxylic acids is 1. The maximum Gasteiger partial charge on any atom is 0.335 e. The highest BCUT2D eigenvalue weighted by Gasteiger charge is 2.27. The molecule has 0 aliphatic heterocycles. The summed E-state index contributed by atoms with van der Waals surface area (Å²) in [6.45, 7) is 1.89. The molecule has 1 saturated carbocycles. The SMILES string of the molecule is C[C@H](NC(=O)c1ccnn1C)[C@H](Oc1ccc(C(=O)O)cc1)c1ccc(C2CC2)cc1. The number of nitrogens with one attached hydrogen (secondary N) is 1. The molecule has 1 fully saturated rings. The van der Waals surface area contributed by atoms with Gasteiger partial charge in [0.05, 0.1) is 11.6 Å². The molecule has 7 heteroatoms. The van der Waals surface area contributed by atoms with Crippen LogP contribution in [0.2, 0.25) is 0 Å². The lowest BCUT2D eigenvalue weighted by Crippen LogP contribution is -2.40. The third-order valence-electron chi connectivity index (χ3n) is 5.54. The Labute approximate surface area is 180 Å². The van der Waals surface area contributed by atoms with Gasteiger partial charge in [-0.1, -0.05) is 24.3 Å². The molecule has 1 aromatic heterocycles. The minimum absolute atomic E-state index is 0.190. The molecule has 31 heavy (non-hydrogen) atoms. The van der Waals surface area contributed by atoms with E-state index in [1.807, 2.05) is 19.1 Å². The number of amides is 1. The zero-order valence-corrected chi connectivity index (χ0v) is 17.5. The van der Waals surface area contributed by atoms with Crippen LogP contribution in [0.4, 0.5) is 0 Å². The molecular weight excluding hydrogens is 394 g/mol. The lowest BCUT2D eigenvalue weighted by Gasteiger charge is -2.27. The van der Waals surface area contributed by atoms with Crippen molar-refractivity contribution in [2.75, 3.05) is 0 Å². The van der Waals surface area contributed by atoms with Crippen LogP contribution < -0.4 is 10.1 Å². The number of aromatic nitrogens is 2. The smallest absolute Gasteiger partial charge is 0.335 e. The third-order valence-corrected chi connectivity index (χ3v) is 5.54. The second kappa shape index (κ2) is 8.63. The molecule has 2 aromatic carbocycles. The maximum atomic E-state index is 12.7. The van der Waals surface area contributed by atoms with E-state index in [2.05, 4.69) is 22.5 Å². The van der Waals surface area contributed by atoms with Gasteiger partial charge in [-0.05, 0) is 67.1 Å². The van der Waals surface area contributed by atoms with Crippen LogP contribution >= 0.6 is 0 Å². The van der Waals surface area contributed by atoms with Gasteiger partial charge in [0.25, 0.3) is 5.91 Å². The third kappa shape index (κ3) is 4.77. The first-order valence-corrected chi connectivity index (χ1v) is 10.3. The number of aryl methyl sites for hydroxylation is 1. The summed E-state index contributed by atoms with van der Waals surface area (Å²) in [6, 6.07) is 15.9. The van der Waals surface area contributed by atoms with Crippen LogP contribution in [0.1, 0.15) is 63.8 Å². The van der Waals surface area contributed by atoms with Crippen molar-refractivity contribution < 1.29 is 19.4 Å². The number of hydrogen-bond acceptors (Lipinski definition) is 4. The predicted octanol–water partition coefficient (Wildman–Crippen LogP) is 3.93. The molecule has 7 nitrogen and oxygen atoms in total. The van der Waals surface area contributed by atoms with Gasteiger partial charge < -0.3 is 15.2 Å². The molecule has 1 aliphatic rings. The Bertz CT molecular complexity index is 1070. The van der Waals surface area contributed by atoms with Crippen LogP contribution in [-0.4, -0.2) is 32.8 Å². The maximum absolute atomic E-state index is 12.7. The van der Waals surface area contributed by atoms with Gasteiger partial charge in [0.2, 0.25) is 0 Å². The Kier molecular flexibility index (Phi) is 5.75. The largest absolute Gasteiger partial charge is 0.484 e. The minimum Gasteiger partial charge on any atom is -0.484 e. The number of carboxylic acid groups (broad SMARTS) is 1.